The molecule has 0 radical (unpaired) electrons. The second kappa shape index (κ2) is 4.97. The van der Waals surface area contributed by atoms with Gasteiger partial charge >= 0.3 is 0 Å². The summed E-state index contributed by atoms with van der Waals surface area (Å²) < 4.78 is 3.13. The Labute approximate surface area is 97.7 Å². The molecule has 0 fully saturated rings. The highest BCUT2D eigenvalue weighted by Gasteiger charge is 2.17. The molecule has 0 aliphatic heterocycles. The fourth-order valence-electron chi connectivity index (χ4n) is 1.85. The zero-order valence-corrected chi connectivity index (χ0v) is 11.2. The molecule has 3 heteroatoms. The zero-order chi connectivity index (χ0) is 11.6. The number of hydrogen-bond acceptors (Lipinski definition) is 1. The van der Waals surface area contributed by atoms with Crippen LogP contribution in [0.15, 0.2) is 6.20 Å². The summed E-state index contributed by atoms with van der Waals surface area (Å²) in [7, 11) is 0. The van der Waals surface area contributed by atoms with E-state index >= 15 is 0 Å². The second-order valence-corrected chi connectivity index (χ2v) is 5.06. The van der Waals surface area contributed by atoms with E-state index in [9.17, 15) is 0 Å². The number of nitrogens with one attached hydrogen (secondary N) is 1. The van der Waals surface area contributed by atoms with Crippen LogP contribution in [0.1, 0.15) is 58.7 Å². The van der Waals surface area contributed by atoms with Crippen molar-refractivity contribution in [1.82, 2.24) is 9.55 Å². The van der Waals surface area contributed by atoms with E-state index in [4.69, 9.17) is 12.2 Å². The molecule has 0 aromatic carbocycles. The van der Waals surface area contributed by atoms with E-state index in [1.165, 1.54) is 12.1 Å². The number of hydrogen-bond donors (Lipinski definition) is 1. The maximum atomic E-state index is 5.34. The Bertz CT molecular complexity index is 362. The minimum atomic E-state index is 0.478. The van der Waals surface area contributed by atoms with Crippen LogP contribution in [0, 0.1) is 10.7 Å². The molecule has 1 aromatic rings. The fraction of sp³-hybridized carbons (Fsp3) is 0.750. The molecule has 2 atom stereocenters. The molecule has 15 heavy (non-hydrogen) atoms. The van der Waals surface area contributed by atoms with Crippen LogP contribution in [0.4, 0.5) is 0 Å². The summed E-state index contributed by atoms with van der Waals surface area (Å²) in [6.45, 7) is 11.2. The molecule has 1 heterocycles. The van der Waals surface area contributed by atoms with Gasteiger partial charge in [-0.2, -0.15) is 0 Å². The number of aromatic nitrogens is 2. The van der Waals surface area contributed by atoms with Gasteiger partial charge in [-0.15, -0.1) is 0 Å². The first-order valence-electron chi connectivity index (χ1n) is 5.78. The SMILES string of the molecule is CCC(C)C(C)n1c(C(C)C)c[nH]c1=S. The fourth-order valence-corrected chi connectivity index (χ4v) is 2.18. The van der Waals surface area contributed by atoms with Crippen LogP contribution in [-0.4, -0.2) is 9.55 Å². The molecule has 1 N–H and O–H groups in total. The first kappa shape index (κ1) is 12.5. The van der Waals surface area contributed by atoms with Crippen LogP contribution in [0.2, 0.25) is 0 Å². The van der Waals surface area contributed by atoms with Crippen molar-refractivity contribution in [3.63, 3.8) is 0 Å². The topological polar surface area (TPSA) is 20.7 Å². The van der Waals surface area contributed by atoms with Gasteiger partial charge in [0, 0.05) is 17.9 Å². The van der Waals surface area contributed by atoms with Crippen LogP contribution < -0.4 is 0 Å². The molecule has 0 saturated heterocycles. The minimum Gasteiger partial charge on any atom is -0.337 e. The third-order valence-electron chi connectivity index (χ3n) is 3.31. The van der Waals surface area contributed by atoms with Crippen molar-refractivity contribution in [2.24, 2.45) is 5.92 Å². The van der Waals surface area contributed by atoms with E-state index in [1.807, 2.05) is 6.20 Å². The Kier molecular flexibility index (Phi) is 4.14. The zero-order valence-electron chi connectivity index (χ0n) is 10.4. The Hall–Kier alpha value is -0.570. The summed E-state index contributed by atoms with van der Waals surface area (Å²) in [6, 6.07) is 0.478. The molecule has 0 aliphatic carbocycles. The van der Waals surface area contributed by atoms with Crippen LogP contribution in [-0.2, 0) is 0 Å². The van der Waals surface area contributed by atoms with Crippen molar-refractivity contribution in [2.45, 2.75) is 53.0 Å². The van der Waals surface area contributed by atoms with Gasteiger partial charge in [-0.1, -0.05) is 34.1 Å². The summed E-state index contributed by atoms with van der Waals surface area (Å²) in [5.74, 6) is 1.18. The summed E-state index contributed by atoms with van der Waals surface area (Å²) in [4.78, 5) is 3.16. The maximum Gasteiger partial charge on any atom is 0.177 e. The predicted octanol–water partition coefficient (Wildman–Crippen LogP) is 4.28. The number of rotatable bonds is 4. The van der Waals surface area contributed by atoms with Gasteiger partial charge in [-0.05, 0) is 31.0 Å². The van der Waals surface area contributed by atoms with Crippen molar-refractivity contribution in [3.05, 3.63) is 16.7 Å². The van der Waals surface area contributed by atoms with E-state index in [0.717, 1.165) is 4.77 Å². The number of nitrogens with zero attached hydrogens (tertiary/aromatic N) is 1. The quantitative estimate of drug-likeness (QED) is 0.760. The summed E-state index contributed by atoms with van der Waals surface area (Å²) in [5.41, 5.74) is 1.31. The minimum absolute atomic E-state index is 0.478. The average Bonchev–Trinajstić information content (AvgIpc) is 2.58. The van der Waals surface area contributed by atoms with Crippen LogP contribution in [0.5, 0.6) is 0 Å². The molecule has 0 amide bonds. The Morgan fingerprint density at radius 2 is 1.93 bits per heavy atom. The molecule has 86 valence electrons. The molecular formula is C12H22N2S. The third kappa shape index (κ3) is 2.51. The van der Waals surface area contributed by atoms with Crippen molar-refractivity contribution in [3.8, 4) is 0 Å². The highest BCUT2D eigenvalue weighted by atomic mass is 32.1. The van der Waals surface area contributed by atoms with Gasteiger partial charge in [0.2, 0.25) is 0 Å². The van der Waals surface area contributed by atoms with Gasteiger partial charge in [0.05, 0.1) is 0 Å². The standard InChI is InChI=1S/C12H22N2S/c1-6-9(4)10(5)14-11(8(2)3)7-13-12(14)15/h7-10H,6H2,1-5H3,(H,13,15). The lowest BCUT2D eigenvalue weighted by Gasteiger charge is -2.23. The first-order chi connectivity index (χ1) is 6.99. The monoisotopic (exact) mass is 226 g/mol. The van der Waals surface area contributed by atoms with Gasteiger partial charge in [0.25, 0.3) is 0 Å². The van der Waals surface area contributed by atoms with E-state index in [2.05, 4.69) is 44.2 Å². The molecular weight excluding hydrogens is 204 g/mol. The number of aromatic amines is 1. The van der Waals surface area contributed by atoms with Crippen LogP contribution in [0.3, 0.4) is 0 Å². The van der Waals surface area contributed by atoms with Crippen molar-refractivity contribution in [2.75, 3.05) is 0 Å². The highest BCUT2D eigenvalue weighted by molar-refractivity contribution is 7.71. The van der Waals surface area contributed by atoms with Gasteiger partial charge in [-0.25, -0.2) is 0 Å². The predicted molar refractivity (Wildman–Crippen MR) is 67.9 cm³/mol. The summed E-state index contributed by atoms with van der Waals surface area (Å²) >= 11 is 5.34. The van der Waals surface area contributed by atoms with Crippen LogP contribution >= 0.6 is 12.2 Å². The van der Waals surface area contributed by atoms with E-state index in [-0.39, 0.29) is 0 Å². The molecule has 0 spiro atoms. The molecule has 0 aliphatic rings. The largest absolute Gasteiger partial charge is 0.337 e. The van der Waals surface area contributed by atoms with Crippen molar-refractivity contribution < 1.29 is 0 Å². The molecule has 2 unspecified atom stereocenters. The maximum absolute atomic E-state index is 5.34. The summed E-state index contributed by atoms with van der Waals surface area (Å²) in [5, 5.41) is 0. The van der Waals surface area contributed by atoms with Gasteiger partial charge in [0.1, 0.15) is 0 Å². The lowest BCUT2D eigenvalue weighted by molar-refractivity contribution is 0.356. The Balaban J connectivity index is 3.11. The Morgan fingerprint density at radius 1 is 1.33 bits per heavy atom. The molecule has 0 bridgehead atoms. The average molecular weight is 226 g/mol. The van der Waals surface area contributed by atoms with Gasteiger partial charge in [0.15, 0.2) is 4.77 Å². The molecule has 0 saturated carbocycles. The number of imidazole rings is 1. The molecule has 1 rings (SSSR count). The molecule has 1 aromatic heterocycles. The summed E-state index contributed by atoms with van der Waals surface area (Å²) in [6.07, 6.45) is 3.23. The van der Waals surface area contributed by atoms with Crippen molar-refractivity contribution >= 4 is 12.2 Å². The smallest absolute Gasteiger partial charge is 0.177 e. The highest BCUT2D eigenvalue weighted by Crippen LogP contribution is 2.26. The van der Waals surface area contributed by atoms with E-state index < -0.39 is 0 Å². The lowest BCUT2D eigenvalue weighted by Crippen LogP contribution is -2.16. The normalized spacial score (nSPS) is 15.6. The Morgan fingerprint density at radius 3 is 2.40 bits per heavy atom. The van der Waals surface area contributed by atoms with Crippen molar-refractivity contribution in [1.29, 1.82) is 0 Å². The second-order valence-electron chi connectivity index (χ2n) is 4.67. The molecule has 2 nitrogen and oxygen atoms in total. The van der Waals surface area contributed by atoms with Gasteiger partial charge in [-0.3, -0.25) is 0 Å². The van der Waals surface area contributed by atoms with E-state index in [1.54, 1.807) is 0 Å². The lowest BCUT2D eigenvalue weighted by atomic mass is 9.99. The number of H-pyrrole nitrogens is 1. The third-order valence-corrected chi connectivity index (χ3v) is 3.62. The van der Waals surface area contributed by atoms with E-state index in [0.29, 0.717) is 17.9 Å². The first-order valence-corrected chi connectivity index (χ1v) is 6.19. The van der Waals surface area contributed by atoms with Crippen LogP contribution in [0.25, 0.3) is 0 Å². The van der Waals surface area contributed by atoms with Gasteiger partial charge < -0.3 is 9.55 Å².